The van der Waals surface area contributed by atoms with Crippen LogP contribution in [0, 0.1) is 0 Å². The highest BCUT2D eigenvalue weighted by atomic mass is 15.2. The van der Waals surface area contributed by atoms with Gasteiger partial charge in [-0.1, -0.05) is 249 Å². The number of aromatic nitrogens is 5. The van der Waals surface area contributed by atoms with Gasteiger partial charge in [-0.3, -0.25) is 0 Å². The van der Waals surface area contributed by atoms with Crippen LogP contribution in [0.2, 0.25) is 0 Å². The molecule has 0 saturated carbocycles. The Labute approximate surface area is 389 Å². The molecular weight excluding hydrogens is 815 g/mol. The number of rotatable bonds is 9. The van der Waals surface area contributed by atoms with E-state index in [0.29, 0.717) is 17.5 Å². The molecule has 0 bridgehead atoms. The van der Waals surface area contributed by atoms with Gasteiger partial charge in [0.15, 0.2) is 17.5 Å². The fourth-order valence-corrected chi connectivity index (χ4v) is 9.23. The summed E-state index contributed by atoms with van der Waals surface area (Å²) in [6, 6.07) is 87.0. The van der Waals surface area contributed by atoms with Gasteiger partial charge in [0.25, 0.3) is 0 Å². The lowest BCUT2D eigenvalue weighted by molar-refractivity contribution is 0.981. The summed E-state index contributed by atoms with van der Waals surface area (Å²) in [5, 5.41) is 7.85. The quantitative estimate of drug-likeness (QED) is 0.145. The van der Waals surface area contributed by atoms with Crippen LogP contribution < -0.4 is 0 Å². The summed E-state index contributed by atoms with van der Waals surface area (Å²) in [6.07, 6.45) is 0. The average Bonchev–Trinajstić information content (AvgIpc) is 3.83. The molecule has 0 N–H and O–H groups in total. The molecule has 0 radical (unpaired) electrons. The smallest absolute Gasteiger partial charge is 0.164 e. The van der Waals surface area contributed by atoms with E-state index >= 15 is 0 Å². The minimum Gasteiger partial charge on any atom is -0.231 e. The second-order valence-electron chi connectivity index (χ2n) is 16.6. The predicted octanol–water partition coefficient (Wildman–Crippen LogP) is 15.7. The third-order valence-electron chi connectivity index (χ3n) is 12.5. The van der Waals surface area contributed by atoms with Gasteiger partial charge in [0.2, 0.25) is 0 Å². The molecule has 0 fully saturated rings. The van der Waals surface area contributed by atoms with Crippen LogP contribution in [0.4, 0.5) is 0 Å². The van der Waals surface area contributed by atoms with E-state index < -0.39 is 0 Å². The molecule has 0 spiro atoms. The highest BCUT2D eigenvalue weighted by Gasteiger charge is 2.25. The van der Waals surface area contributed by atoms with E-state index in [0.717, 1.165) is 89.1 Å². The first-order valence-corrected chi connectivity index (χ1v) is 22.6. The first kappa shape index (κ1) is 39.5. The topological polar surface area (TPSA) is 56.0 Å². The van der Waals surface area contributed by atoms with E-state index in [1.165, 1.54) is 10.9 Å². The van der Waals surface area contributed by atoms with Crippen molar-refractivity contribution in [2.75, 3.05) is 0 Å². The molecule has 9 aromatic carbocycles. The zero-order valence-electron chi connectivity index (χ0n) is 36.4. The summed E-state index contributed by atoms with van der Waals surface area (Å²) >= 11 is 0. The van der Waals surface area contributed by atoms with Crippen molar-refractivity contribution in [2.45, 2.75) is 0 Å². The molecule has 67 heavy (non-hydrogen) atoms. The van der Waals surface area contributed by atoms with E-state index in [4.69, 9.17) is 20.1 Å². The summed E-state index contributed by atoms with van der Waals surface area (Å²) in [7, 11) is 0. The van der Waals surface area contributed by atoms with Crippen molar-refractivity contribution in [2.24, 2.45) is 0 Å². The minimum absolute atomic E-state index is 0.623. The maximum Gasteiger partial charge on any atom is 0.164 e. The Hall–Kier alpha value is -9.06. The molecule has 0 unspecified atom stereocenters. The summed E-state index contributed by atoms with van der Waals surface area (Å²) in [6.45, 7) is 0. The molecule has 0 saturated heterocycles. The molecule has 12 aromatic rings. The van der Waals surface area contributed by atoms with Crippen molar-refractivity contribution in [3.05, 3.63) is 249 Å². The van der Waals surface area contributed by atoms with Crippen LogP contribution in [0.5, 0.6) is 0 Å². The zero-order valence-corrected chi connectivity index (χ0v) is 36.4. The molecular formula is C62H41N5. The van der Waals surface area contributed by atoms with Gasteiger partial charge >= 0.3 is 0 Å². The van der Waals surface area contributed by atoms with Gasteiger partial charge in [0, 0.05) is 44.3 Å². The SMILES string of the molecule is c1ccc(-c2ccc(-c3nc(-c4ccccc4)nc(-c4ccc(-c5ccc(-c6c(-c7ccccc7)n7nc(-c8ccccc8)c(-c8ccccc8)c7c7ccccc67)cc5)cc4)n3)cc2)cc1. The number of hydrogen-bond acceptors (Lipinski definition) is 4. The largest absolute Gasteiger partial charge is 0.231 e. The van der Waals surface area contributed by atoms with Gasteiger partial charge in [-0.05, 0) is 38.8 Å². The van der Waals surface area contributed by atoms with Crippen molar-refractivity contribution in [3.63, 3.8) is 0 Å². The third kappa shape index (κ3) is 7.44. The first-order chi connectivity index (χ1) is 33.2. The van der Waals surface area contributed by atoms with E-state index in [1.807, 2.05) is 36.4 Å². The lowest BCUT2D eigenvalue weighted by atomic mass is 9.90. The Morgan fingerprint density at radius 1 is 0.239 bits per heavy atom. The highest BCUT2D eigenvalue weighted by molar-refractivity contribution is 6.15. The first-order valence-electron chi connectivity index (χ1n) is 22.6. The summed E-state index contributed by atoms with van der Waals surface area (Å²) in [5.41, 5.74) is 17.0. The normalized spacial score (nSPS) is 11.3. The molecule has 314 valence electrons. The molecule has 5 heteroatoms. The summed E-state index contributed by atoms with van der Waals surface area (Å²) in [5.74, 6) is 1.89. The zero-order chi connectivity index (χ0) is 44.5. The predicted molar refractivity (Wildman–Crippen MR) is 275 cm³/mol. The van der Waals surface area contributed by atoms with Gasteiger partial charge in [0.1, 0.15) is 5.69 Å². The standard InChI is InChI=1S/C62H41N5/c1-6-18-42(19-7-1)43-32-38-51(39-33-43)61-63-60(50-26-14-5-15-27-50)64-62(65-61)52-40-34-45(35-41-52)44-30-36-47(37-31-44)55-53-28-16-17-29-54(53)59-56(46-20-8-2-9-21-46)57(48-22-10-3-11-23-48)66-67(59)58(55)49-24-12-4-13-25-49/h1-41H. The van der Waals surface area contributed by atoms with Crippen LogP contribution >= 0.6 is 0 Å². The van der Waals surface area contributed by atoms with Crippen LogP contribution in [0.3, 0.4) is 0 Å². The Kier molecular flexibility index (Phi) is 10.1. The Morgan fingerprint density at radius 2 is 0.552 bits per heavy atom. The minimum atomic E-state index is 0.623. The van der Waals surface area contributed by atoms with Gasteiger partial charge < -0.3 is 0 Å². The molecule has 3 aromatic heterocycles. The lowest BCUT2D eigenvalue weighted by Crippen LogP contribution is -2.00. The van der Waals surface area contributed by atoms with Crippen molar-refractivity contribution >= 4 is 16.3 Å². The highest BCUT2D eigenvalue weighted by Crippen LogP contribution is 2.46. The molecule has 0 atom stereocenters. The van der Waals surface area contributed by atoms with Gasteiger partial charge in [-0.25, -0.2) is 19.5 Å². The van der Waals surface area contributed by atoms with Crippen molar-refractivity contribution in [1.82, 2.24) is 24.6 Å². The number of pyridine rings is 1. The fraction of sp³-hybridized carbons (Fsp3) is 0. The molecule has 0 aliphatic carbocycles. The van der Waals surface area contributed by atoms with Crippen LogP contribution in [-0.2, 0) is 0 Å². The second kappa shape index (κ2) is 17.1. The van der Waals surface area contributed by atoms with Crippen molar-refractivity contribution in [1.29, 1.82) is 0 Å². The van der Waals surface area contributed by atoms with E-state index in [2.05, 4.69) is 217 Å². The maximum absolute atomic E-state index is 5.53. The molecule has 0 amide bonds. The average molecular weight is 856 g/mol. The third-order valence-corrected chi connectivity index (χ3v) is 12.5. The van der Waals surface area contributed by atoms with Crippen LogP contribution in [0.1, 0.15) is 0 Å². The van der Waals surface area contributed by atoms with Gasteiger partial charge in [-0.15, -0.1) is 0 Å². The lowest BCUT2D eigenvalue weighted by Gasteiger charge is -2.18. The van der Waals surface area contributed by atoms with Crippen molar-refractivity contribution < 1.29 is 0 Å². The Bertz CT molecular complexity index is 3670. The molecule has 0 aliphatic heterocycles. The van der Waals surface area contributed by atoms with E-state index in [-0.39, 0.29) is 0 Å². The molecule has 3 heterocycles. The molecule has 5 nitrogen and oxygen atoms in total. The van der Waals surface area contributed by atoms with Gasteiger partial charge in [0.05, 0.1) is 11.2 Å². The van der Waals surface area contributed by atoms with Crippen molar-refractivity contribution in [3.8, 4) is 101 Å². The van der Waals surface area contributed by atoms with E-state index in [9.17, 15) is 0 Å². The van der Waals surface area contributed by atoms with Crippen LogP contribution in [-0.4, -0.2) is 24.6 Å². The number of fused-ring (bicyclic) bond motifs is 3. The summed E-state index contributed by atoms with van der Waals surface area (Å²) in [4.78, 5) is 15.0. The second-order valence-corrected chi connectivity index (χ2v) is 16.6. The Balaban J connectivity index is 0.947. The van der Waals surface area contributed by atoms with Crippen LogP contribution in [0.15, 0.2) is 249 Å². The maximum atomic E-state index is 5.53. The fourth-order valence-electron chi connectivity index (χ4n) is 9.23. The monoisotopic (exact) mass is 855 g/mol. The Morgan fingerprint density at radius 3 is 1.03 bits per heavy atom. The molecule has 12 rings (SSSR count). The molecule has 0 aliphatic rings. The van der Waals surface area contributed by atoms with E-state index in [1.54, 1.807) is 0 Å². The summed E-state index contributed by atoms with van der Waals surface area (Å²) < 4.78 is 2.19. The van der Waals surface area contributed by atoms with Gasteiger partial charge in [-0.2, -0.15) is 5.10 Å². The number of hydrogen-bond donors (Lipinski definition) is 0. The number of nitrogens with zero attached hydrogens (tertiary/aromatic N) is 5. The van der Waals surface area contributed by atoms with Crippen LogP contribution in [0.25, 0.3) is 117 Å². The number of benzene rings is 9.